The summed E-state index contributed by atoms with van der Waals surface area (Å²) in [4.78, 5) is 25.3. The maximum atomic E-state index is 12.5. The van der Waals surface area contributed by atoms with Crippen LogP contribution in [0.1, 0.15) is 53.7 Å². The molecule has 2 aromatic heterocycles. The third kappa shape index (κ3) is 4.16. The van der Waals surface area contributed by atoms with Crippen molar-refractivity contribution < 1.29 is 9.47 Å². The topological polar surface area (TPSA) is 77.1 Å². The first-order chi connectivity index (χ1) is 14.1. The third-order valence-electron chi connectivity index (χ3n) is 5.20. The summed E-state index contributed by atoms with van der Waals surface area (Å²) in [6.45, 7) is 0. The van der Waals surface area contributed by atoms with Crippen molar-refractivity contribution in [3.8, 4) is 11.5 Å². The Labute approximate surface area is 177 Å². The first kappa shape index (κ1) is 19.9. The van der Waals surface area contributed by atoms with Crippen LogP contribution in [0, 0.1) is 0 Å². The monoisotopic (exact) mass is 431 g/mol. The van der Waals surface area contributed by atoms with Crippen molar-refractivity contribution in [3.63, 3.8) is 0 Å². The number of halogens is 1. The van der Waals surface area contributed by atoms with Crippen LogP contribution in [0.4, 0.5) is 0 Å². The Morgan fingerprint density at radius 3 is 2.66 bits per heavy atom. The highest BCUT2D eigenvalue weighted by Gasteiger charge is 2.19. The molecule has 4 rings (SSSR count). The summed E-state index contributed by atoms with van der Waals surface area (Å²) in [5.41, 5.74) is 0.199. The van der Waals surface area contributed by atoms with Crippen molar-refractivity contribution in [3.05, 3.63) is 44.4 Å². The zero-order valence-corrected chi connectivity index (χ0v) is 17.9. The van der Waals surface area contributed by atoms with Gasteiger partial charge in [-0.1, -0.05) is 30.9 Å². The van der Waals surface area contributed by atoms with Crippen LogP contribution in [-0.2, 0) is 0 Å². The summed E-state index contributed by atoms with van der Waals surface area (Å²) in [7, 11) is 3.06. The van der Waals surface area contributed by atoms with Crippen molar-refractivity contribution in [1.29, 1.82) is 0 Å². The summed E-state index contributed by atoms with van der Waals surface area (Å²) < 4.78 is 10.6. The van der Waals surface area contributed by atoms with Gasteiger partial charge in [-0.25, -0.2) is 9.97 Å². The number of aromatic nitrogens is 3. The lowest BCUT2D eigenvalue weighted by molar-refractivity contribution is 0.355. The van der Waals surface area contributed by atoms with Crippen LogP contribution in [0.3, 0.4) is 0 Å². The highest BCUT2D eigenvalue weighted by atomic mass is 35.5. The maximum absolute atomic E-state index is 12.5. The molecule has 152 valence electrons. The fourth-order valence-corrected chi connectivity index (χ4v) is 4.98. The summed E-state index contributed by atoms with van der Waals surface area (Å²) in [5.74, 6) is 1.84. The molecule has 2 heterocycles. The molecule has 0 atom stereocenters. The molecular weight excluding hydrogens is 410 g/mol. The van der Waals surface area contributed by atoms with Gasteiger partial charge in [-0.05, 0) is 25.0 Å². The molecule has 0 radical (unpaired) electrons. The number of methoxy groups -OCH3 is 2. The Kier molecular flexibility index (Phi) is 5.87. The minimum Gasteiger partial charge on any atom is -0.493 e. The maximum Gasteiger partial charge on any atom is 0.259 e. The first-order valence-corrected chi connectivity index (χ1v) is 10.8. The number of nitrogens with zero attached hydrogens (tertiary/aromatic N) is 2. The van der Waals surface area contributed by atoms with Gasteiger partial charge in [-0.15, -0.1) is 11.3 Å². The van der Waals surface area contributed by atoms with E-state index in [2.05, 4.69) is 15.0 Å². The minimum absolute atomic E-state index is 0.287. The molecule has 1 aromatic carbocycles. The number of thiazole rings is 1. The molecule has 0 unspecified atom stereocenters. The lowest BCUT2D eigenvalue weighted by Gasteiger charge is -2.18. The number of hydrogen-bond acceptors (Lipinski definition) is 6. The van der Waals surface area contributed by atoms with Crippen molar-refractivity contribution in [2.24, 2.45) is 0 Å². The van der Waals surface area contributed by atoms with Gasteiger partial charge in [0.1, 0.15) is 0 Å². The molecule has 1 N–H and O–H groups in total. The molecular formula is C21H22ClN3O3S. The lowest BCUT2D eigenvalue weighted by atomic mass is 9.90. The number of fused-ring (bicyclic) bond motifs is 1. The van der Waals surface area contributed by atoms with E-state index in [1.807, 2.05) is 6.20 Å². The van der Waals surface area contributed by atoms with Crippen molar-refractivity contribution in [1.82, 2.24) is 15.0 Å². The van der Waals surface area contributed by atoms with E-state index in [1.165, 1.54) is 39.2 Å². The molecule has 1 aliphatic rings. The van der Waals surface area contributed by atoms with E-state index >= 15 is 0 Å². The molecule has 6 nitrogen and oxygen atoms in total. The molecule has 1 aliphatic carbocycles. The number of benzene rings is 1. The zero-order valence-electron chi connectivity index (χ0n) is 16.3. The Balaban J connectivity index is 1.66. The largest absolute Gasteiger partial charge is 0.493 e. The molecule has 0 saturated heterocycles. The molecule has 0 bridgehead atoms. The normalized spacial score (nSPS) is 15.6. The Morgan fingerprint density at radius 2 is 1.93 bits per heavy atom. The molecule has 1 saturated carbocycles. The predicted molar refractivity (Wildman–Crippen MR) is 117 cm³/mol. The number of nitrogens with one attached hydrogen (secondary N) is 1. The summed E-state index contributed by atoms with van der Waals surface area (Å²) in [6, 6.07) is 3.28. The zero-order chi connectivity index (χ0) is 20.4. The highest BCUT2D eigenvalue weighted by molar-refractivity contribution is 7.12. The molecule has 1 fully saturated rings. The molecule has 29 heavy (non-hydrogen) atoms. The van der Waals surface area contributed by atoms with E-state index < -0.39 is 0 Å². The van der Waals surface area contributed by atoms with Gasteiger partial charge in [0, 0.05) is 23.1 Å². The average Bonchev–Trinajstić information content (AvgIpc) is 3.21. The van der Waals surface area contributed by atoms with Crippen LogP contribution in [0.25, 0.3) is 22.0 Å². The van der Waals surface area contributed by atoms with Crippen LogP contribution < -0.4 is 15.0 Å². The minimum atomic E-state index is -0.287. The van der Waals surface area contributed by atoms with E-state index in [0.717, 1.165) is 9.88 Å². The van der Waals surface area contributed by atoms with Gasteiger partial charge in [0.15, 0.2) is 17.3 Å². The Bertz CT molecular complexity index is 1120. The number of ether oxygens (including phenoxy) is 2. The second-order valence-electron chi connectivity index (χ2n) is 7.07. The van der Waals surface area contributed by atoms with E-state index in [0.29, 0.717) is 39.2 Å². The van der Waals surface area contributed by atoms with E-state index in [-0.39, 0.29) is 5.56 Å². The SMILES string of the molecule is COc1cc2nc(/C(Cl)=C\c3cnc(C4CCCCC4)s3)[nH]c(=O)c2cc1OC. The van der Waals surface area contributed by atoms with Crippen LogP contribution in [-0.4, -0.2) is 29.2 Å². The molecule has 8 heteroatoms. The van der Waals surface area contributed by atoms with E-state index in [4.69, 9.17) is 21.1 Å². The number of hydrogen-bond donors (Lipinski definition) is 1. The standard InChI is InChI=1S/C21H22ClN3O3S/c1-27-17-9-14-16(10-18(17)28-2)24-19(25-20(14)26)15(22)8-13-11-23-21(29-13)12-6-4-3-5-7-12/h8-12H,3-7H2,1-2H3,(H,24,25,26)/b15-8+. The molecule has 0 spiro atoms. The smallest absolute Gasteiger partial charge is 0.259 e. The van der Waals surface area contributed by atoms with Gasteiger partial charge < -0.3 is 14.5 Å². The molecule has 0 aliphatic heterocycles. The van der Waals surface area contributed by atoms with Gasteiger partial charge in [-0.3, -0.25) is 4.79 Å². The van der Waals surface area contributed by atoms with Crippen molar-refractivity contribution >= 4 is 44.9 Å². The quantitative estimate of drug-likeness (QED) is 0.602. The number of H-pyrrole nitrogens is 1. The average molecular weight is 432 g/mol. The molecule has 0 amide bonds. The first-order valence-electron chi connectivity index (χ1n) is 9.58. The summed E-state index contributed by atoms with van der Waals surface area (Å²) >= 11 is 8.14. The number of aromatic amines is 1. The fraction of sp³-hybridized carbons (Fsp3) is 0.381. The van der Waals surface area contributed by atoms with Crippen LogP contribution in [0.2, 0.25) is 0 Å². The van der Waals surface area contributed by atoms with E-state index in [9.17, 15) is 4.79 Å². The van der Waals surface area contributed by atoms with Crippen LogP contribution in [0.5, 0.6) is 11.5 Å². The van der Waals surface area contributed by atoms with Crippen molar-refractivity contribution in [2.75, 3.05) is 14.2 Å². The van der Waals surface area contributed by atoms with Gasteiger partial charge in [0.25, 0.3) is 5.56 Å². The number of rotatable bonds is 5. The second-order valence-corrected chi connectivity index (χ2v) is 8.57. The van der Waals surface area contributed by atoms with Gasteiger partial charge in [-0.2, -0.15) is 0 Å². The molecule has 3 aromatic rings. The van der Waals surface area contributed by atoms with E-state index in [1.54, 1.807) is 36.7 Å². The van der Waals surface area contributed by atoms with Crippen molar-refractivity contribution in [2.45, 2.75) is 38.0 Å². The lowest BCUT2D eigenvalue weighted by Crippen LogP contribution is -2.11. The Hall–Kier alpha value is -2.38. The second kappa shape index (κ2) is 8.55. The summed E-state index contributed by atoms with van der Waals surface area (Å²) in [6.07, 6.45) is 9.91. The summed E-state index contributed by atoms with van der Waals surface area (Å²) in [5, 5.41) is 1.93. The fourth-order valence-electron chi connectivity index (χ4n) is 3.68. The van der Waals surface area contributed by atoms with Crippen LogP contribution in [0.15, 0.2) is 23.1 Å². The van der Waals surface area contributed by atoms with Gasteiger partial charge in [0.2, 0.25) is 0 Å². The predicted octanol–water partition coefficient (Wildman–Crippen LogP) is 5.18. The van der Waals surface area contributed by atoms with Crippen LogP contribution >= 0.6 is 22.9 Å². The van der Waals surface area contributed by atoms with Gasteiger partial charge in [0.05, 0.1) is 35.2 Å². The highest BCUT2D eigenvalue weighted by Crippen LogP contribution is 2.36. The third-order valence-corrected chi connectivity index (χ3v) is 6.60. The Morgan fingerprint density at radius 1 is 1.21 bits per heavy atom. The van der Waals surface area contributed by atoms with Gasteiger partial charge >= 0.3 is 0 Å².